The van der Waals surface area contributed by atoms with Gasteiger partial charge in [-0.3, -0.25) is 5.32 Å². The van der Waals surface area contributed by atoms with Gasteiger partial charge in [0.2, 0.25) is 0 Å². The van der Waals surface area contributed by atoms with Gasteiger partial charge in [-0.1, -0.05) is 31.0 Å². The molecule has 0 heterocycles. The van der Waals surface area contributed by atoms with Crippen LogP contribution in [0.5, 0.6) is 5.75 Å². The van der Waals surface area contributed by atoms with Crippen LogP contribution in [0.4, 0.5) is 0 Å². The lowest BCUT2D eigenvalue weighted by Crippen LogP contribution is -2.21. The van der Waals surface area contributed by atoms with Gasteiger partial charge < -0.3 is 4.74 Å². The minimum absolute atomic E-state index is 0.0669. The summed E-state index contributed by atoms with van der Waals surface area (Å²) < 4.78 is 5.56. The first-order chi connectivity index (χ1) is 7.83. The second-order valence-electron chi connectivity index (χ2n) is 3.52. The van der Waals surface area contributed by atoms with Gasteiger partial charge in [0.25, 0.3) is 0 Å². The molecule has 1 aromatic carbocycles. The summed E-state index contributed by atoms with van der Waals surface area (Å²) in [5.74, 6) is 3.63. The molecule has 1 N–H and O–H groups in total. The molecule has 2 nitrogen and oxygen atoms in total. The van der Waals surface area contributed by atoms with Crippen molar-refractivity contribution in [2.24, 2.45) is 0 Å². The molecule has 86 valence electrons. The molecule has 0 fully saturated rings. The predicted octanol–water partition coefficient (Wildman–Crippen LogP) is 2.76. The Morgan fingerprint density at radius 3 is 2.75 bits per heavy atom. The first kappa shape index (κ1) is 12.6. The molecule has 2 heteroatoms. The summed E-state index contributed by atoms with van der Waals surface area (Å²) >= 11 is 0. The quantitative estimate of drug-likeness (QED) is 0.740. The fourth-order valence-corrected chi connectivity index (χ4v) is 1.55. The average molecular weight is 217 g/mol. The van der Waals surface area contributed by atoms with Crippen molar-refractivity contribution in [3.8, 4) is 18.1 Å². The van der Waals surface area contributed by atoms with Gasteiger partial charge in [-0.15, -0.1) is 6.42 Å². The van der Waals surface area contributed by atoms with E-state index in [2.05, 4.69) is 18.2 Å². The van der Waals surface area contributed by atoms with E-state index in [1.165, 1.54) is 0 Å². The number of rotatable bonds is 6. The van der Waals surface area contributed by atoms with Crippen molar-refractivity contribution in [2.45, 2.75) is 26.3 Å². The number of benzene rings is 1. The molecule has 0 aromatic heterocycles. The monoisotopic (exact) mass is 217 g/mol. The van der Waals surface area contributed by atoms with Gasteiger partial charge in [0.1, 0.15) is 5.75 Å². The van der Waals surface area contributed by atoms with Crippen LogP contribution in [0.25, 0.3) is 0 Å². The maximum Gasteiger partial charge on any atom is 0.125 e. The molecule has 0 aliphatic rings. The second kappa shape index (κ2) is 6.92. The third-order valence-electron chi connectivity index (χ3n) is 2.29. The molecular formula is C14H19NO. The molecule has 0 radical (unpaired) electrons. The Balaban J connectivity index is 2.86. The topological polar surface area (TPSA) is 21.3 Å². The molecule has 0 saturated heterocycles. The molecule has 0 aliphatic carbocycles. The maximum absolute atomic E-state index is 5.56. The van der Waals surface area contributed by atoms with Gasteiger partial charge in [0.05, 0.1) is 12.6 Å². The van der Waals surface area contributed by atoms with Crippen molar-refractivity contribution in [2.75, 3.05) is 13.2 Å². The Morgan fingerprint density at radius 2 is 2.12 bits per heavy atom. The zero-order chi connectivity index (χ0) is 11.8. The SMILES string of the molecule is C#CC(NCCC)c1ccccc1OCC. The highest BCUT2D eigenvalue weighted by Crippen LogP contribution is 2.24. The number of nitrogens with one attached hydrogen (secondary N) is 1. The first-order valence-corrected chi connectivity index (χ1v) is 5.74. The predicted molar refractivity (Wildman–Crippen MR) is 67.5 cm³/mol. The van der Waals surface area contributed by atoms with E-state index in [0.29, 0.717) is 6.61 Å². The highest BCUT2D eigenvalue weighted by atomic mass is 16.5. The lowest BCUT2D eigenvalue weighted by atomic mass is 10.1. The lowest BCUT2D eigenvalue weighted by molar-refractivity contribution is 0.334. The lowest BCUT2D eigenvalue weighted by Gasteiger charge is -2.16. The van der Waals surface area contributed by atoms with Gasteiger partial charge in [0.15, 0.2) is 0 Å². The van der Waals surface area contributed by atoms with Crippen LogP contribution in [-0.4, -0.2) is 13.2 Å². The summed E-state index contributed by atoms with van der Waals surface area (Å²) in [5, 5.41) is 3.32. The smallest absolute Gasteiger partial charge is 0.125 e. The average Bonchev–Trinajstić information content (AvgIpc) is 2.32. The number of hydrogen-bond donors (Lipinski definition) is 1. The van der Waals surface area contributed by atoms with Crippen LogP contribution in [-0.2, 0) is 0 Å². The van der Waals surface area contributed by atoms with E-state index in [0.717, 1.165) is 24.3 Å². The van der Waals surface area contributed by atoms with Crippen LogP contribution in [0, 0.1) is 12.3 Å². The Bertz CT molecular complexity index is 354. The zero-order valence-electron chi connectivity index (χ0n) is 9.99. The molecule has 0 amide bonds. The Labute approximate surface area is 98.0 Å². The normalized spacial score (nSPS) is 11.8. The summed E-state index contributed by atoms with van der Waals surface area (Å²) in [5.41, 5.74) is 1.04. The van der Waals surface area contributed by atoms with E-state index in [1.54, 1.807) is 0 Å². The van der Waals surface area contributed by atoms with E-state index in [-0.39, 0.29) is 6.04 Å². The van der Waals surface area contributed by atoms with Crippen molar-refractivity contribution in [1.29, 1.82) is 0 Å². The Morgan fingerprint density at radius 1 is 1.38 bits per heavy atom. The Hall–Kier alpha value is -1.46. The summed E-state index contributed by atoms with van der Waals surface area (Å²) in [6, 6.07) is 7.84. The van der Waals surface area contributed by atoms with Gasteiger partial charge in [-0.2, -0.15) is 0 Å². The molecule has 0 aliphatic heterocycles. The zero-order valence-corrected chi connectivity index (χ0v) is 9.99. The van der Waals surface area contributed by atoms with E-state index in [1.807, 2.05) is 31.2 Å². The minimum atomic E-state index is -0.0669. The van der Waals surface area contributed by atoms with Crippen LogP contribution in [0.3, 0.4) is 0 Å². The van der Waals surface area contributed by atoms with Crippen molar-refractivity contribution in [3.05, 3.63) is 29.8 Å². The maximum atomic E-state index is 5.56. The van der Waals surface area contributed by atoms with Crippen molar-refractivity contribution >= 4 is 0 Å². The molecule has 1 aromatic rings. The van der Waals surface area contributed by atoms with Crippen LogP contribution >= 0.6 is 0 Å². The summed E-state index contributed by atoms with van der Waals surface area (Å²) in [4.78, 5) is 0. The summed E-state index contributed by atoms with van der Waals surface area (Å²) in [6.45, 7) is 5.66. The number of ether oxygens (including phenoxy) is 1. The highest BCUT2D eigenvalue weighted by Gasteiger charge is 2.11. The van der Waals surface area contributed by atoms with Gasteiger partial charge in [-0.05, 0) is 26.0 Å². The molecule has 16 heavy (non-hydrogen) atoms. The number of terminal acetylenes is 1. The third-order valence-corrected chi connectivity index (χ3v) is 2.29. The summed E-state index contributed by atoms with van der Waals surface area (Å²) in [7, 11) is 0. The molecule has 0 saturated carbocycles. The molecule has 1 rings (SSSR count). The van der Waals surface area contributed by atoms with Gasteiger partial charge in [0, 0.05) is 5.56 Å². The fraction of sp³-hybridized carbons (Fsp3) is 0.429. The van der Waals surface area contributed by atoms with Crippen molar-refractivity contribution < 1.29 is 4.74 Å². The summed E-state index contributed by atoms with van der Waals surface area (Å²) in [6.07, 6.45) is 6.61. The number of hydrogen-bond acceptors (Lipinski definition) is 2. The van der Waals surface area contributed by atoms with E-state index in [9.17, 15) is 0 Å². The minimum Gasteiger partial charge on any atom is -0.493 e. The van der Waals surface area contributed by atoms with E-state index < -0.39 is 0 Å². The standard InChI is InChI=1S/C14H19NO/c1-4-11-15-13(5-2)12-9-7-8-10-14(12)16-6-3/h2,7-10,13,15H,4,6,11H2,1,3H3. The third kappa shape index (κ3) is 3.29. The first-order valence-electron chi connectivity index (χ1n) is 5.74. The molecule has 1 atom stereocenters. The second-order valence-corrected chi connectivity index (χ2v) is 3.52. The van der Waals surface area contributed by atoms with E-state index >= 15 is 0 Å². The fourth-order valence-electron chi connectivity index (χ4n) is 1.55. The number of para-hydroxylation sites is 1. The van der Waals surface area contributed by atoms with Crippen molar-refractivity contribution in [3.63, 3.8) is 0 Å². The molecule has 0 spiro atoms. The molecular weight excluding hydrogens is 198 g/mol. The van der Waals surface area contributed by atoms with Crippen LogP contribution in [0.15, 0.2) is 24.3 Å². The van der Waals surface area contributed by atoms with Crippen LogP contribution in [0.1, 0.15) is 31.9 Å². The highest BCUT2D eigenvalue weighted by molar-refractivity contribution is 5.39. The largest absolute Gasteiger partial charge is 0.493 e. The van der Waals surface area contributed by atoms with Crippen LogP contribution < -0.4 is 10.1 Å². The van der Waals surface area contributed by atoms with Gasteiger partial charge in [-0.25, -0.2) is 0 Å². The molecule has 0 bridgehead atoms. The molecule has 1 unspecified atom stereocenters. The van der Waals surface area contributed by atoms with Gasteiger partial charge >= 0.3 is 0 Å². The Kier molecular flexibility index (Phi) is 5.45. The van der Waals surface area contributed by atoms with Crippen LogP contribution in [0.2, 0.25) is 0 Å². The van der Waals surface area contributed by atoms with E-state index in [4.69, 9.17) is 11.2 Å². The van der Waals surface area contributed by atoms with Crippen molar-refractivity contribution in [1.82, 2.24) is 5.32 Å².